The lowest BCUT2D eigenvalue weighted by molar-refractivity contribution is 0.269. The third kappa shape index (κ3) is 3.10. The van der Waals surface area contributed by atoms with Gasteiger partial charge < -0.3 is 14.8 Å². The summed E-state index contributed by atoms with van der Waals surface area (Å²) in [5.41, 5.74) is 0. The van der Waals surface area contributed by atoms with Crippen LogP contribution in [-0.4, -0.2) is 31.8 Å². The first-order valence-corrected chi connectivity index (χ1v) is 5.73. The van der Waals surface area contributed by atoms with Gasteiger partial charge in [-0.1, -0.05) is 6.07 Å². The van der Waals surface area contributed by atoms with E-state index in [2.05, 4.69) is 10.3 Å². The molecule has 1 aromatic rings. The van der Waals surface area contributed by atoms with E-state index < -0.39 is 0 Å². The Kier molecular flexibility index (Phi) is 3.99. The van der Waals surface area contributed by atoms with Gasteiger partial charge in [-0.3, -0.25) is 0 Å². The molecule has 1 aliphatic heterocycles. The molecule has 1 fully saturated rings. The zero-order chi connectivity index (χ0) is 11.2. The molecule has 0 saturated carbocycles. The topological polar surface area (TPSA) is 43.4 Å². The van der Waals surface area contributed by atoms with Gasteiger partial charge in [0.15, 0.2) is 0 Å². The van der Waals surface area contributed by atoms with Gasteiger partial charge in [0, 0.05) is 12.1 Å². The number of aromatic nitrogens is 1. The number of hydrogen-bond acceptors (Lipinski definition) is 4. The van der Waals surface area contributed by atoms with Gasteiger partial charge >= 0.3 is 0 Å². The first-order chi connectivity index (χ1) is 7.88. The molecule has 2 heterocycles. The van der Waals surface area contributed by atoms with Crippen LogP contribution in [0.5, 0.6) is 11.8 Å². The van der Waals surface area contributed by atoms with Crippen molar-refractivity contribution in [1.82, 2.24) is 10.3 Å². The number of hydrogen-bond donors (Lipinski definition) is 1. The van der Waals surface area contributed by atoms with Crippen molar-refractivity contribution in [3.63, 3.8) is 0 Å². The number of ether oxygens (including phenoxy) is 2. The van der Waals surface area contributed by atoms with E-state index >= 15 is 0 Å². The zero-order valence-corrected chi connectivity index (χ0v) is 9.61. The highest BCUT2D eigenvalue weighted by Gasteiger charge is 2.13. The highest BCUT2D eigenvalue weighted by atomic mass is 16.5. The fraction of sp³-hybridized carbons (Fsp3) is 0.583. The van der Waals surface area contributed by atoms with Gasteiger partial charge in [-0.25, -0.2) is 0 Å². The van der Waals surface area contributed by atoms with Gasteiger partial charge in [0.2, 0.25) is 11.8 Å². The Morgan fingerprint density at radius 2 is 2.31 bits per heavy atom. The summed E-state index contributed by atoms with van der Waals surface area (Å²) in [5.74, 6) is 2.00. The maximum Gasteiger partial charge on any atom is 0.216 e. The van der Waals surface area contributed by atoms with Crippen molar-refractivity contribution in [1.29, 1.82) is 0 Å². The lowest BCUT2D eigenvalue weighted by Gasteiger charge is -2.09. The molecule has 1 aromatic heterocycles. The normalized spacial score (nSPS) is 19.7. The number of nitrogens with one attached hydrogen (secondary N) is 1. The van der Waals surface area contributed by atoms with Crippen molar-refractivity contribution in [3.05, 3.63) is 18.2 Å². The lowest BCUT2D eigenvalue weighted by atomic mass is 10.1. The second-order valence-corrected chi connectivity index (χ2v) is 4.01. The molecule has 2 rings (SSSR count). The fourth-order valence-electron chi connectivity index (χ4n) is 1.88. The van der Waals surface area contributed by atoms with Crippen LogP contribution in [0.15, 0.2) is 18.2 Å². The minimum atomic E-state index is 0.597. The van der Waals surface area contributed by atoms with Crippen LogP contribution in [0, 0.1) is 5.92 Å². The maximum absolute atomic E-state index is 5.59. The third-order valence-corrected chi connectivity index (χ3v) is 2.85. The molecular formula is C12H18N2O2. The van der Waals surface area contributed by atoms with Crippen molar-refractivity contribution in [2.45, 2.75) is 12.8 Å². The van der Waals surface area contributed by atoms with E-state index in [0.717, 1.165) is 32.0 Å². The standard InChI is InChI=1S/C12H18N2O2/c1-15-11-3-2-4-12(14-11)16-8-6-10-5-7-13-9-10/h2-4,10,13H,5-9H2,1H3. The maximum atomic E-state index is 5.59. The summed E-state index contributed by atoms with van der Waals surface area (Å²) in [6, 6.07) is 5.56. The van der Waals surface area contributed by atoms with Gasteiger partial charge in [0.1, 0.15) is 0 Å². The van der Waals surface area contributed by atoms with E-state index in [4.69, 9.17) is 9.47 Å². The summed E-state index contributed by atoms with van der Waals surface area (Å²) >= 11 is 0. The zero-order valence-electron chi connectivity index (χ0n) is 9.61. The minimum Gasteiger partial charge on any atom is -0.481 e. The molecule has 0 spiro atoms. The smallest absolute Gasteiger partial charge is 0.216 e. The Bertz CT molecular complexity index is 325. The Morgan fingerprint density at radius 3 is 3.06 bits per heavy atom. The second-order valence-electron chi connectivity index (χ2n) is 4.01. The van der Waals surface area contributed by atoms with Gasteiger partial charge in [-0.15, -0.1) is 0 Å². The highest BCUT2D eigenvalue weighted by Crippen LogP contribution is 2.15. The largest absolute Gasteiger partial charge is 0.481 e. The fourth-order valence-corrected chi connectivity index (χ4v) is 1.88. The highest BCUT2D eigenvalue weighted by molar-refractivity contribution is 5.19. The quantitative estimate of drug-likeness (QED) is 0.819. The molecule has 0 amide bonds. The molecule has 4 heteroatoms. The lowest BCUT2D eigenvalue weighted by Crippen LogP contribution is -2.12. The summed E-state index contributed by atoms with van der Waals surface area (Å²) < 4.78 is 10.6. The predicted molar refractivity (Wildman–Crippen MR) is 61.9 cm³/mol. The molecule has 0 aromatic carbocycles. The monoisotopic (exact) mass is 222 g/mol. The molecule has 0 bridgehead atoms. The van der Waals surface area contributed by atoms with Gasteiger partial charge in [0.25, 0.3) is 0 Å². The van der Waals surface area contributed by atoms with E-state index in [1.165, 1.54) is 6.42 Å². The van der Waals surface area contributed by atoms with Crippen molar-refractivity contribution >= 4 is 0 Å². The molecule has 1 N–H and O–H groups in total. The molecule has 1 saturated heterocycles. The summed E-state index contributed by atoms with van der Waals surface area (Å²) in [4.78, 5) is 4.20. The van der Waals surface area contributed by atoms with E-state index in [1.807, 2.05) is 18.2 Å². The SMILES string of the molecule is COc1cccc(OCCC2CCNC2)n1. The van der Waals surface area contributed by atoms with E-state index in [1.54, 1.807) is 7.11 Å². The first kappa shape index (κ1) is 11.2. The Morgan fingerprint density at radius 1 is 1.44 bits per heavy atom. The number of rotatable bonds is 5. The summed E-state index contributed by atoms with van der Waals surface area (Å²) in [7, 11) is 1.61. The first-order valence-electron chi connectivity index (χ1n) is 5.73. The number of nitrogens with zero attached hydrogens (tertiary/aromatic N) is 1. The second kappa shape index (κ2) is 5.70. The molecular weight excluding hydrogens is 204 g/mol. The van der Waals surface area contributed by atoms with Crippen LogP contribution < -0.4 is 14.8 Å². The molecule has 1 aliphatic rings. The molecule has 1 atom stereocenters. The van der Waals surface area contributed by atoms with E-state index in [0.29, 0.717) is 11.8 Å². The summed E-state index contributed by atoms with van der Waals surface area (Å²) in [6.45, 7) is 2.99. The molecule has 16 heavy (non-hydrogen) atoms. The van der Waals surface area contributed by atoms with Gasteiger partial charge in [0.05, 0.1) is 13.7 Å². The third-order valence-electron chi connectivity index (χ3n) is 2.85. The van der Waals surface area contributed by atoms with Crippen LogP contribution >= 0.6 is 0 Å². The van der Waals surface area contributed by atoms with E-state index in [-0.39, 0.29) is 0 Å². The molecule has 88 valence electrons. The van der Waals surface area contributed by atoms with Crippen molar-refractivity contribution in [2.24, 2.45) is 5.92 Å². The van der Waals surface area contributed by atoms with Crippen LogP contribution in [-0.2, 0) is 0 Å². The van der Waals surface area contributed by atoms with Crippen LogP contribution in [0.3, 0.4) is 0 Å². The summed E-state index contributed by atoms with van der Waals surface area (Å²) in [5, 5.41) is 3.35. The number of pyridine rings is 1. The molecule has 0 radical (unpaired) electrons. The van der Waals surface area contributed by atoms with Gasteiger partial charge in [-0.2, -0.15) is 4.98 Å². The van der Waals surface area contributed by atoms with Crippen LogP contribution in [0.25, 0.3) is 0 Å². The van der Waals surface area contributed by atoms with Crippen LogP contribution in [0.2, 0.25) is 0 Å². The Labute approximate surface area is 96.0 Å². The molecule has 1 unspecified atom stereocenters. The predicted octanol–water partition coefficient (Wildman–Crippen LogP) is 1.47. The van der Waals surface area contributed by atoms with Crippen molar-refractivity contribution < 1.29 is 9.47 Å². The van der Waals surface area contributed by atoms with Crippen LogP contribution in [0.1, 0.15) is 12.8 Å². The van der Waals surface area contributed by atoms with Crippen LogP contribution in [0.4, 0.5) is 0 Å². The van der Waals surface area contributed by atoms with Crippen molar-refractivity contribution in [2.75, 3.05) is 26.8 Å². The molecule has 4 nitrogen and oxygen atoms in total. The Balaban J connectivity index is 1.75. The van der Waals surface area contributed by atoms with Gasteiger partial charge in [-0.05, 0) is 31.8 Å². The average molecular weight is 222 g/mol. The minimum absolute atomic E-state index is 0.597. The molecule has 0 aliphatic carbocycles. The Hall–Kier alpha value is -1.29. The van der Waals surface area contributed by atoms with E-state index in [9.17, 15) is 0 Å². The number of methoxy groups -OCH3 is 1. The average Bonchev–Trinajstić information content (AvgIpc) is 2.82. The summed E-state index contributed by atoms with van der Waals surface area (Å²) in [6.07, 6.45) is 2.35. The van der Waals surface area contributed by atoms with Crippen molar-refractivity contribution in [3.8, 4) is 11.8 Å².